The molecule has 0 aliphatic carbocycles. The summed E-state index contributed by atoms with van der Waals surface area (Å²) in [7, 11) is 2.93. The van der Waals surface area contributed by atoms with Crippen LogP contribution in [0.2, 0.25) is 0 Å². The second-order valence-electron chi connectivity index (χ2n) is 7.49. The zero-order valence-electron chi connectivity index (χ0n) is 22.7. The van der Waals surface area contributed by atoms with Gasteiger partial charge in [0.2, 0.25) is 0 Å². The Hall–Kier alpha value is -4.13. The molecule has 2 rings (SSSR count). The second-order valence-corrected chi connectivity index (χ2v) is 7.49. The van der Waals surface area contributed by atoms with E-state index < -0.39 is 11.9 Å². The van der Waals surface area contributed by atoms with Crippen molar-refractivity contribution < 1.29 is 22.6 Å². The second kappa shape index (κ2) is 15.2. The van der Waals surface area contributed by atoms with Crippen LogP contribution in [0, 0.1) is 11.3 Å². The summed E-state index contributed by atoms with van der Waals surface area (Å²) in [5.74, 6) is 0.592. The van der Waals surface area contributed by atoms with E-state index in [1.165, 1.54) is 32.5 Å². The molecule has 10 heteroatoms. The van der Waals surface area contributed by atoms with Crippen molar-refractivity contribution in [3.8, 4) is 17.3 Å². The molecule has 0 aliphatic heterocycles. The van der Waals surface area contributed by atoms with Gasteiger partial charge in [-0.3, -0.25) is 0 Å². The SMILES string of the molecule is C=C(OC)\C(=C/C(=C\CCC)C(/CC)=N/c1cc(-c2ccc(C#N)nc2)nn1C(=C)C(F)(F)F)OC.CC. The minimum absolute atomic E-state index is 0.0612. The zero-order chi connectivity index (χ0) is 28.9. The number of nitrogens with zero attached hydrogens (tertiary/aromatic N) is 5. The maximum absolute atomic E-state index is 13.6. The van der Waals surface area contributed by atoms with Crippen LogP contribution in [-0.2, 0) is 9.47 Å². The number of aliphatic imine (C=N–C) groups is 1. The number of pyridine rings is 1. The Labute approximate surface area is 222 Å². The van der Waals surface area contributed by atoms with E-state index in [0.29, 0.717) is 45.9 Å². The lowest BCUT2D eigenvalue weighted by Gasteiger charge is -2.13. The molecule has 0 saturated heterocycles. The predicted octanol–water partition coefficient (Wildman–Crippen LogP) is 7.78. The van der Waals surface area contributed by atoms with Crippen molar-refractivity contribution in [2.24, 2.45) is 4.99 Å². The first-order chi connectivity index (χ1) is 18.1. The number of aromatic nitrogens is 3. The Balaban J connectivity index is 0.00000352. The van der Waals surface area contributed by atoms with Crippen LogP contribution >= 0.6 is 0 Å². The van der Waals surface area contributed by atoms with Crippen LogP contribution in [0.1, 0.15) is 52.7 Å². The van der Waals surface area contributed by atoms with Gasteiger partial charge in [0.05, 0.1) is 19.9 Å². The number of allylic oxidation sites excluding steroid dienone is 4. The van der Waals surface area contributed by atoms with Crippen LogP contribution in [0.3, 0.4) is 0 Å². The van der Waals surface area contributed by atoms with Gasteiger partial charge in [0.1, 0.15) is 17.5 Å². The molecule has 7 nitrogen and oxygen atoms in total. The molecule has 0 unspecified atom stereocenters. The van der Waals surface area contributed by atoms with Crippen LogP contribution in [0.15, 0.2) is 71.8 Å². The number of nitriles is 1. The van der Waals surface area contributed by atoms with Gasteiger partial charge >= 0.3 is 6.18 Å². The van der Waals surface area contributed by atoms with Gasteiger partial charge in [-0.15, -0.1) is 0 Å². The summed E-state index contributed by atoms with van der Waals surface area (Å²) in [5, 5.41) is 13.1. The number of ether oxygens (including phenoxy) is 2. The summed E-state index contributed by atoms with van der Waals surface area (Å²) in [5.41, 5.74) is 0.769. The first kappa shape index (κ1) is 31.9. The van der Waals surface area contributed by atoms with E-state index in [2.05, 4.69) is 28.2 Å². The lowest BCUT2D eigenvalue weighted by atomic mass is 10.0. The highest BCUT2D eigenvalue weighted by atomic mass is 19.4. The highest BCUT2D eigenvalue weighted by Gasteiger charge is 2.35. The van der Waals surface area contributed by atoms with E-state index in [1.807, 2.05) is 39.8 Å². The van der Waals surface area contributed by atoms with Gasteiger partial charge in [-0.05, 0) is 36.6 Å². The summed E-state index contributed by atoms with van der Waals surface area (Å²) >= 11 is 0. The van der Waals surface area contributed by atoms with E-state index in [-0.39, 0.29) is 17.2 Å². The van der Waals surface area contributed by atoms with E-state index >= 15 is 0 Å². The first-order valence-corrected chi connectivity index (χ1v) is 12.1. The molecule has 0 bridgehead atoms. The van der Waals surface area contributed by atoms with Gasteiger partial charge in [0.15, 0.2) is 17.3 Å². The Bertz CT molecular complexity index is 1230. The number of methoxy groups -OCH3 is 2. The summed E-state index contributed by atoms with van der Waals surface area (Å²) in [6.07, 6.45) is 2.21. The third-order valence-corrected chi connectivity index (χ3v) is 5.05. The average Bonchev–Trinajstić information content (AvgIpc) is 3.35. The van der Waals surface area contributed by atoms with E-state index in [9.17, 15) is 13.2 Å². The van der Waals surface area contributed by atoms with Crippen LogP contribution in [-0.4, -0.2) is 40.9 Å². The predicted molar refractivity (Wildman–Crippen MR) is 145 cm³/mol. The number of rotatable bonds is 11. The highest BCUT2D eigenvalue weighted by molar-refractivity contribution is 6.04. The van der Waals surface area contributed by atoms with Crippen molar-refractivity contribution in [2.75, 3.05) is 14.2 Å². The van der Waals surface area contributed by atoms with Crippen molar-refractivity contribution in [3.63, 3.8) is 0 Å². The van der Waals surface area contributed by atoms with Crippen molar-refractivity contribution in [1.29, 1.82) is 5.26 Å². The van der Waals surface area contributed by atoms with Crippen molar-refractivity contribution >= 4 is 17.2 Å². The molecule has 2 aromatic rings. The molecular formula is C28H34F3N5O2. The lowest BCUT2D eigenvalue weighted by Crippen LogP contribution is -2.16. The summed E-state index contributed by atoms with van der Waals surface area (Å²) in [6.45, 7) is 14.8. The Morgan fingerprint density at radius 3 is 2.34 bits per heavy atom. The minimum atomic E-state index is -4.73. The number of hydrogen-bond acceptors (Lipinski definition) is 6. The lowest BCUT2D eigenvalue weighted by molar-refractivity contribution is -0.0739. The molecule has 0 spiro atoms. The smallest absolute Gasteiger partial charge is 0.432 e. The summed E-state index contributed by atoms with van der Waals surface area (Å²) in [6, 6.07) is 6.33. The van der Waals surface area contributed by atoms with Gasteiger partial charge in [0.25, 0.3) is 0 Å². The Morgan fingerprint density at radius 1 is 1.18 bits per heavy atom. The molecule has 0 amide bonds. The van der Waals surface area contributed by atoms with E-state index in [1.54, 1.807) is 12.1 Å². The van der Waals surface area contributed by atoms with Crippen molar-refractivity contribution in [3.05, 3.63) is 72.5 Å². The normalized spacial score (nSPS) is 12.3. The van der Waals surface area contributed by atoms with Crippen molar-refractivity contribution in [1.82, 2.24) is 14.8 Å². The Kier molecular flexibility index (Phi) is 12.8. The molecule has 2 heterocycles. The van der Waals surface area contributed by atoms with Crippen LogP contribution in [0.5, 0.6) is 0 Å². The summed E-state index contributed by atoms with van der Waals surface area (Å²) in [4.78, 5) is 8.53. The average molecular weight is 530 g/mol. The van der Waals surface area contributed by atoms with Gasteiger partial charge in [-0.1, -0.05) is 53.3 Å². The largest absolute Gasteiger partial charge is 0.493 e. The maximum atomic E-state index is 13.6. The molecule has 38 heavy (non-hydrogen) atoms. The molecule has 0 saturated carbocycles. The molecule has 0 N–H and O–H groups in total. The van der Waals surface area contributed by atoms with Crippen molar-refractivity contribution in [2.45, 2.75) is 53.1 Å². The molecule has 2 aromatic heterocycles. The first-order valence-electron chi connectivity index (χ1n) is 12.1. The zero-order valence-corrected chi connectivity index (χ0v) is 22.7. The molecule has 0 fully saturated rings. The number of halogens is 3. The van der Waals surface area contributed by atoms with Gasteiger partial charge in [0, 0.05) is 23.5 Å². The topological polar surface area (TPSA) is 85.3 Å². The molecular weight excluding hydrogens is 495 g/mol. The van der Waals surface area contributed by atoms with Gasteiger partial charge in [-0.2, -0.15) is 23.5 Å². The molecule has 0 atom stereocenters. The third kappa shape index (κ3) is 8.47. The third-order valence-electron chi connectivity index (χ3n) is 5.05. The molecule has 0 aromatic carbocycles. The quantitative estimate of drug-likeness (QED) is 0.169. The number of hydrogen-bond donors (Lipinski definition) is 0. The molecule has 204 valence electrons. The number of unbranched alkanes of at least 4 members (excludes halogenated alkanes) is 1. The van der Waals surface area contributed by atoms with Crippen LogP contribution < -0.4 is 0 Å². The van der Waals surface area contributed by atoms with Crippen LogP contribution in [0.25, 0.3) is 17.0 Å². The molecule has 0 radical (unpaired) electrons. The van der Waals surface area contributed by atoms with Crippen LogP contribution in [0.4, 0.5) is 19.0 Å². The number of alkyl halides is 3. The molecule has 0 aliphatic rings. The fourth-order valence-electron chi connectivity index (χ4n) is 3.06. The van der Waals surface area contributed by atoms with Gasteiger partial charge < -0.3 is 9.47 Å². The van der Waals surface area contributed by atoms with E-state index in [0.717, 1.165) is 6.42 Å². The maximum Gasteiger partial charge on any atom is 0.432 e. The standard InChI is InChI=1S/C26H28F3N5O2.C2H6/c1-7-9-10-19(13-24(36-6)17(3)35-5)22(8-2)32-25-14-23(20-11-12-21(15-30)31-16-20)33-34(25)18(4)26(27,28)29;1-2/h10-14,16H,3-4,7-9H2,1-2,5-6H3;1-2H3/b19-10+,24-13+,32-22+;. The fraction of sp³-hybridized carbons (Fsp3) is 0.357. The summed E-state index contributed by atoms with van der Waals surface area (Å²) < 4.78 is 52.0. The van der Waals surface area contributed by atoms with E-state index in [4.69, 9.17) is 14.7 Å². The Morgan fingerprint density at radius 2 is 1.87 bits per heavy atom. The highest BCUT2D eigenvalue weighted by Crippen LogP contribution is 2.34. The monoisotopic (exact) mass is 529 g/mol. The fourth-order valence-corrected chi connectivity index (χ4v) is 3.06. The van der Waals surface area contributed by atoms with Gasteiger partial charge in [-0.25, -0.2) is 14.7 Å². The minimum Gasteiger partial charge on any atom is -0.493 e.